The molecule has 306 valence electrons. The van der Waals surface area contributed by atoms with Crippen LogP contribution >= 0.6 is 11.3 Å². The number of hydrogen-bond donors (Lipinski definition) is 0. The van der Waals surface area contributed by atoms with Gasteiger partial charge in [-0.05, 0) is 122 Å². The highest BCUT2D eigenvalue weighted by molar-refractivity contribution is 7.26. The molecule has 2 heteroatoms. The van der Waals surface area contributed by atoms with Crippen molar-refractivity contribution in [1.82, 2.24) is 0 Å². The van der Waals surface area contributed by atoms with Crippen molar-refractivity contribution in [3.63, 3.8) is 0 Å². The number of nitrogens with zero attached hydrogens (tertiary/aromatic N) is 1. The van der Waals surface area contributed by atoms with Gasteiger partial charge in [-0.3, -0.25) is 0 Å². The minimum atomic E-state index is -0.472. The molecule has 0 fully saturated rings. The molecule has 1 nitrogen and oxygen atoms in total. The van der Waals surface area contributed by atoms with Crippen molar-refractivity contribution in [1.29, 1.82) is 0 Å². The predicted molar refractivity (Wildman–Crippen MR) is 274 cm³/mol. The van der Waals surface area contributed by atoms with Crippen molar-refractivity contribution in [3.05, 3.63) is 282 Å². The normalized spacial score (nSPS) is 15.3. The highest BCUT2D eigenvalue weighted by Gasteiger charge is 2.46. The second-order valence-electron chi connectivity index (χ2n) is 17.7. The Morgan fingerprint density at radius 1 is 0.338 bits per heavy atom. The Labute approximate surface area is 384 Å². The predicted octanol–water partition coefficient (Wildman–Crippen LogP) is 16.9. The third-order valence-electron chi connectivity index (χ3n) is 14.4. The van der Waals surface area contributed by atoms with E-state index in [1.165, 1.54) is 92.5 Å². The summed E-state index contributed by atoms with van der Waals surface area (Å²) in [6.07, 6.45) is 0. The number of thiophene rings is 1. The van der Waals surface area contributed by atoms with Gasteiger partial charge >= 0.3 is 0 Å². The molecule has 13 rings (SSSR count). The minimum absolute atomic E-state index is 0.283. The molecule has 0 amide bonds. The van der Waals surface area contributed by atoms with Crippen molar-refractivity contribution in [2.75, 3.05) is 4.90 Å². The summed E-state index contributed by atoms with van der Waals surface area (Å²) in [4.78, 5) is 2.49. The number of rotatable bonds is 7. The van der Waals surface area contributed by atoms with Crippen LogP contribution < -0.4 is 4.90 Å². The average molecular weight is 846 g/mol. The van der Waals surface area contributed by atoms with Crippen LogP contribution in [-0.2, 0) is 10.8 Å². The first-order valence-electron chi connectivity index (χ1n) is 22.6. The molecular weight excluding hydrogens is 803 g/mol. The zero-order valence-corrected chi connectivity index (χ0v) is 36.8. The monoisotopic (exact) mass is 845 g/mol. The maximum absolute atomic E-state index is 2.49. The number of benzene rings is 10. The van der Waals surface area contributed by atoms with E-state index in [1.54, 1.807) is 0 Å². The molecule has 2 aliphatic rings. The zero-order valence-electron chi connectivity index (χ0n) is 35.9. The minimum Gasteiger partial charge on any atom is -0.310 e. The molecule has 11 aromatic rings. The molecular formula is C63H43NS. The molecule has 0 bridgehead atoms. The highest BCUT2D eigenvalue weighted by atomic mass is 32.1. The van der Waals surface area contributed by atoms with Crippen LogP contribution in [-0.4, -0.2) is 0 Å². The third-order valence-corrected chi connectivity index (χ3v) is 15.6. The molecule has 0 radical (unpaired) electrons. The topological polar surface area (TPSA) is 3.24 Å². The molecule has 0 aliphatic heterocycles. The third kappa shape index (κ3) is 5.51. The molecule has 2 aliphatic carbocycles. The molecule has 1 heterocycles. The quantitative estimate of drug-likeness (QED) is 0.154. The van der Waals surface area contributed by atoms with Gasteiger partial charge in [-0.2, -0.15) is 0 Å². The van der Waals surface area contributed by atoms with Crippen LogP contribution in [0.4, 0.5) is 17.1 Å². The Balaban J connectivity index is 1.05. The number of anilines is 3. The Bertz CT molecular complexity index is 3580. The van der Waals surface area contributed by atoms with Crippen LogP contribution in [0.15, 0.2) is 243 Å². The molecule has 65 heavy (non-hydrogen) atoms. The zero-order chi connectivity index (χ0) is 43.1. The van der Waals surface area contributed by atoms with Crippen molar-refractivity contribution in [2.24, 2.45) is 0 Å². The van der Waals surface area contributed by atoms with Crippen LogP contribution in [0.3, 0.4) is 0 Å². The van der Waals surface area contributed by atoms with E-state index in [4.69, 9.17) is 0 Å². The summed E-state index contributed by atoms with van der Waals surface area (Å²) in [6, 6.07) is 90.4. The summed E-state index contributed by atoms with van der Waals surface area (Å²) in [5.41, 5.74) is 19.3. The van der Waals surface area contributed by atoms with Crippen molar-refractivity contribution in [3.8, 4) is 33.4 Å². The Hall–Kier alpha value is -7.78. The summed E-state index contributed by atoms with van der Waals surface area (Å²) in [6.45, 7) is 2.40. The molecule has 0 saturated heterocycles. The molecule has 0 spiro atoms. The summed E-state index contributed by atoms with van der Waals surface area (Å²) in [5.74, 6) is 0. The fourth-order valence-corrected chi connectivity index (χ4v) is 12.8. The summed E-state index contributed by atoms with van der Waals surface area (Å²) >= 11 is 1.88. The lowest BCUT2D eigenvalue weighted by Gasteiger charge is -2.34. The summed E-state index contributed by atoms with van der Waals surface area (Å²) in [7, 11) is 0. The van der Waals surface area contributed by atoms with Crippen LogP contribution in [0.25, 0.3) is 53.6 Å². The molecule has 1 atom stereocenters. The van der Waals surface area contributed by atoms with E-state index in [0.29, 0.717) is 0 Å². The van der Waals surface area contributed by atoms with Gasteiger partial charge in [0.15, 0.2) is 0 Å². The maximum Gasteiger partial charge on any atom is 0.0713 e. The summed E-state index contributed by atoms with van der Waals surface area (Å²) < 4.78 is 2.63. The van der Waals surface area contributed by atoms with E-state index >= 15 is 0 Å². The van der Waals surface area contributed by atoms with Gasteiger partial charge in [0.25, 0.3) is 0 Å². The maximum atomic E-state index is 2.49. The van der Waals surface area contributed by atoms with Gasteiger partial charge in [-0.1, -0.05) is 200 Å². The Kier molecular flexibility index (Phi) is 8.50. The van der Waals surface area contributed by atoms with Gasteiger partial charge in [0.2, 0.25) is 0 Å². The van der Waals surface area contributed by atoms with Gasteiger partial charge in [0, 0.05) is 42.6 Å². The number of hydrogen-bond acceptors (Lipinski definition) is 2. The lowest BCUT2D eigenvalue weighted by atomic mass is 9.68. The van der Waals surface area contributed by atoms with Gasteiger partial charge in [0.05, 0.1) is 5.41 Å². The van der Waals surface area contributed by atoms with E-state index in [2.05, 4.69) is 254 Å². The second-order valence-corrected chi connectivity index (χ2v) is 18.7. The van der Waals surface area contributed by atoms with Gasteiger partial charge in [-0.25, -0.2) is 0 Å². The largest absolute Gasteiger partial charge is 0.310 e. The molecule has 0 N–H and O–H groups in total. The van der Waals surface area contributed by atoms with Gasteiger partial charge in [-0.15, -0.1) is 11.3 Å². The van der Waals surface area contributed by atoms with Crippen LogP contribution in [0, 0.1) is 0 Å². The van der Waals surface area contributed by atoms with E-state index in [0.717, 1.165) is 17.1 Å². The summed E-state index contributed by atoms with van der Waals surface area (Å²) in [5, 5.41) is 2.62. The number of fused-ring (bicyclic) bond motifs is 9. The van der Waals surface area contributed by atoms with Gasteiger partial charge in [0.1, 0.15) is 0 Å². The van der Waals surface area contributed by atoms with Crippen LogP contribution in [0.1, 0.15) is 45.9 Å². The lowest BCUT2D eigenvalue weighted by molar-refractivity contribution is 0.714. The van der Waals surface area contributed by atoms with Crippen molar-refractivity contribution >= 4 is 48.6 Å². The van der Waals surface area contributed by atoms with E-state index in [1.807, 2.05) is 11.3 Å². The van der Waals surface area contributed by atoms with E-state index < -0.39 is 5.41 Å². The van der Waals surface area contributed by atoms with Crippen LogP contribution in [0.5, 0.6) is 0 Å². The highest BCUT2D eigenvalue weighted by Crippen LogP contribution is 2.58. The fraction of sp³-hybridized carbons (Fsp3) is 0.0476. The lowest BCUT2D eigenvalue weighted by Crippen LogP contribution is -2.28. The van der Waals surface area contributed by atoms with E-state index in [9.17, 15) is 0 Å². The standard InChI is InChI=1S/C63H43NS/c1-62(43-20-5-2-6-21-43)56-32-14-11-27-50(56)54-40-47(35-37-57(54)62)64(46-26-17-19-42(39-46)49-30-18-31-53-52-29-13-16-34-60(52)65-61(49)53)48-36-38-59-55(41-48)51-28-12-15-33-58(51)63(59,44-22-7-3-8-23-44)45-24-9-4-10-25-45/h2-41H,1H3. The van der Waals surface area contributed by atoms with E-state index in [-0.39, 0.29) is 5.41 Å². The average Bonchev–Trinajstić information content (AvgIpc) is 4.00. The molecule has 1 aromatic heterocycles. The second kappa shape index (κ2) is 14.6. The first kappa shape index (κ1) is 37.7. The fourth-order valence-electron chi connectivity index (χ4n) is 11.5. The van der Waals surface area contributed by atoms with Crippen molar-refractivity contribution in [2.45, 2.75) is 17.8 Å². The smallest absolute Gasteiger partial charge is 0.0713 e. The van der Waals surface area contributed by atoms with Crippen LogP contribution in [0.2, 0.25) is 0 Å². The molecule has 10 aromatic carbocycles. The first-order chi connectivity index (χ1) is 32.1. The Morgan fingerprint density at radius 3 is 1.52 bits per heavy atom. The molecule has 0 saturated carbocycles. The first-order valence-corrected chi connectivity index (χ1v) is 23.4. The molecule has 1 unspecified atom stereocenters. The SMILES string of the molecule is CC1(c2ccccc2)c2ccccc2-c2cc(N(c3cccc(-c4cccc5c4sc4ccccc45)c3)c3ccc4c(c3)-c3ccccc3C4(c3ccccc3)c3ccccc3)ccc21. The Morgan fingerprint density at radius 2 is 0.815 bits per heavy atom. The van der Waals surface area contributed by atoms with Gasteiger partial charge < -0.3 is 4.90 Å². The van der Waals surface area contributed by atoms with Crippen molar-refractivity contribution < 1.29 is 0 Å².